The van der Waals surface area contributed by atoms with E-state index >= 15 is 0 Å². The largest absolute Gasteiger partial charge is 0.371 e. The van der Waals surface area contributed by atoms with Gasteiger partial charge in [-0.05, 0) is 43.7 Å². The zero-order valence-corrected chi connectivity index (χ0v) is 12.2. The van der Waals surface area contributed by atoms with Crippen molar-refractivity contribution in [3.05, 3.63) is 29.6 Å². The zero-order valence-electron chi connectivity index (χ0n) is 12.2. The Bertz CT molecular complexity index is 438. The molecule has 0 bridgehead atoms. The quantitative estimate of drug-likeness (QED) is 0.894. The van der Waals surface area contributed by atoms with Crippen molar-refractivity contribution in [1.82, 2.24) is 0 Å². The van der Waals surface area contributed by atoms with Crippen molar-refractivity contribution in [2.45, 2.75) is 46.1 Å². The Hall–Kier alpha value is -1.09. The highest BCUT2D eigenvalue weighted by molar-refractivity contribution is 5.56. The molecule has 2 N–H and O–H groups in total. The molecule has 0 aliphatic carbocycles. The second kappa shape index (κ2) is 5.49. The summed E-state index contributed by atoms with van der Waals surface area (Å²) >= 11 is 0. The Labute approximate surface area is 115 Å². The van der Waals surface area contributed by atoms with Crippen LogP contribution in [-0.4, -0.2) is 13.1 Å². The van der Waals surface area contributed by atoms with Gasteiger partial charge < -0.3 is 10.6 Å². The number of hydrogen-bond acceptors (Lipinski definition) is 2. The van der Waals surface area contributed by atoms with E-state index < -0.39 is 0 Å². The molecule has 1 aromatic rings. The average Bonchev–Trinajstić information content (AvgIpc) is 2.83. The fourth-order valence-electron chi connectivity index (χ4n) is 3.22. The molecule has 0 spiro atoms. The Morgan fingerprint density at radius 3 is 2.58 bits per heavy atom. The van der Waals surface area contributed by atoms with E-state index in [1.165, 1.54) is 25.3 Å². The molecule has 1 aromatic carbocycles. The molecular weight excluding hydrogens is 239 g/mol. The summed E-state index contributed by atoms with van der Waals surface area (Å²) in [6, 6.07) is 5.03. The molecule has 3 heteroatoms. The highest BCUT2D eigenvalue weighted by atomic mass is 19.1. The summed E-state index contributed by atoms with van der Waals surface area (Å²) in [5.74, 6) is -0.182. The fourth-order valence-corrected chi connectivity index (χ4v) is 3.22. The van der Waals surface area contributed by atoms with Crippen LogP contribution in [0.15, 0.2) is 18.2 Å². The van der Waals surface area contributed by atoms with E-state index in [1.807, 2.05) is 13.0 Å². The number of nitrogens with two attached hydrogens (primary N) is 1. The lowest BCUT2D eigenvalue weighted by molar-refractivity contribution is 0.301. The van der Waals surface area contributed by atoms with Gasteiger partial charge in [0.2, 0.25) is 0 Å². The second-order valence-corrected chi connectivity index (χ2v) is 5.84. The summed E-state index contributed by atoms with van der Waals surface area (Å²) in [4.78, 5) is 2.31. The van der Waals surface area contributed by atoms with Crippen LogP contribution in [0, 0.1) is 11.2 Å². The van der Waals surface area contributed by atoms with Gasteiger partial charge in [-0.1, -0.05) is 19.9 Å². The van der Waals surface area contributed by atoms with E-state index in [4.69, 9.17) is 5.73 Å². The smallest absolute Gasteiger partial charge is 0.130 e. The molecule has 1 aliphatic heterocycles. The molecule has 1 atom stereocenters. The van der Waals surface area contributed by atoms with Crippen LogP contribution in [0.2, 0.25) is 0 Å². The lowest BCUT2D eigenvalue weighted by Crippen LogP contribution is -2.27. The Morgan fingerprint density at radius 2 is 2.05 bits per heavy atom. The summed E-state index contributed by atoms with van der Waals surface area (Å²) in [7, 11) is 0. The molecule has 0 saturated carbocycles. The standard InChI is InChI=1S/C16H25FN2/c1-4-16(5-2)9-10-19(11-16)14-8-6-7-13(17)15(14)12(3)18/h6-8,12H,4-5,9-11,18H2,1-3H3/t12-/m1/s1. The minimum Gasteiger partial charge on any atom is -0.371 e. The summed E-state index contributed by atoms with van der Waals surface area (Å²) in [6.45, 7) is 8.38. The van der Waals surface area contributed by atoms with Crippen LogP contribution in [0.1, 0.15) is 51.6 Å². The van der Waals surface area contributed by atoms with Gasteiger partial charge in [-0.15, -0.1) is 0 Å². The van der Waals surface area contributed by atoms with Gasteiger partial charge in [0, 0.05) is 30.4 Å². The normalized spacial score (nSPS) is 19.7. The zero-order chi connectivity index (χ0) is 14.0. The maximum Gasteiger partial charge on any atom is 0.130 e. The van der Waals surface area contributed by atoms with Gasteiger partial charge in [0.15, 0.2) is 0 Å². The van der Waals surface area contributed by atoms with E-state index in [2.05, 4.69) is 18.7 Å². The molecule has 0 amide bonds. The van der Waals surface area contributed by atoms with Gasteiger partial charge in [0.05, 0.1) is 0 Å². The van der Waals surface area contributed by atoms with Crippen molar-refractivity contribution in [3.63, 3.8) is 0 Å². The van der Waals surface area contributed by atoms with Crippen molar-refractivity contribution in [2.75, 3.05) is 18.0 Å². The predicted molar refractivity (Wildman–Crippen MR) is 78.8 cm³/mol. The van der Waals surface area contributed by atoms with Crippen LogP contribution in [0.25, 0.3) is 0 Å². The van der Waals surface area contributed by atoms with E-state index in [0.29, 0.717) is 11.0 Å². The molecule has 1 aliphatic rings. The summed E-state index contributed by atoms with van der Waals surface area (Å²) in [6.07, 6.45) is 3.56. The van der Waals surface area contributed by atoms with Gasteiger partial charge >= 0.3 is 0 Å². The van der Waals surface area contributed by atoms with E-state index in [1.54, 1.807) is 6.07 Å². The van der Waals surface area contributed by atoms with Crippen LogP contribution in [0.3, 0.4) is 0 Å². The van der Waals surface area contributed by atoms with Crippen LogP contribution in [0.5, 0.6) is 0 Å². The van der Waals surface area contributed by atoms with E-state index in [0.717, 1.165) is 18.8 Å². The molecule has 0 aromatic heterocycles. The molecular formula is C16H25FN2. The average molecular weight is 264 g/mol. The lowest BCUT2D eigenvalue weighted by Gasteiger charge is -2.29. The maximum atomic E-state index is 14.0. The summed E-state index contributed by atoms with van der Waals surface area (Å²) in [5, 5.41) is 0. The van der Waals surface area contributed by atoms with Crippen LogP contribution >= 0.6 is 0 Å². The Morgan fingerprint density at radius 1 is 1.37 bits per heavy atom. The number of halogens is 1. The van der Waals surface area contributed by atoms with Crippen LogP contribution in [-0.2, 0) is 0 Å². The first kappa shape index (κ1) is 14.3. The summed E-state index contributed by atoms with van der Waals surface area (Å²) in [5.41, 5.74) is 7.98. The molecule has 19 heavy (non-hydrogen) atoms. The third-order valence-corrected chi connectivity index (χ3v) is 4.76. The first-order valence-electron chi connectivity index (χ1n) is 7.32. The number of benzene rings is 1. The molecule has 0 unspecified atom stereocenters. The Kier molecular flexibility index (Phi) is 4.14. The van der Waals surface area contributed by atoms with Crippen molar-refractivity contribution in [1.29, 1.82) is 0 Å². The molecule has 106 valence electrons. The molecule has 1 heterocycles. The lowest BCUT2D eigenvalue weighted by atomic mass is 9.82. The van der Waals surface area contributed by atoms with Crippen molar-refractivity contribution in [2.24, 2.45) is 11.1 Å². The number of rotatable bonds is 4. The first-order chi connectivity index (χ1) is 9.03. The minimum absolute atomic E-state index is 0.182. The molecule has 1 fully saturated rings. The van der Waals surface area contributed by atoms with Gasteiger partial charge in [-0.25, -0.2) is 4.39 Å². The minimum atomic E-state index is -0.269. The molecule has 2 rings (SSSR count). The fraction of sp³-hybridized carbons (Fsp3) is 0.625. The van der Waals surface area contributed by atoms with Crippen LogP contribution < -0.4 is 10.6 Å². The third-order valence-electron chi connectivity index (χ3n) is 4.76. The van der Waals surface area contributed by atoms with Crippen LogP contribution in [0.4, 0.5) is 10.1 Å². The highest BCUT2D eigenvalue weighted by Gasteiger charge is 2.36. The van der Waals surface area contributed by atoms with Gasteiger partial charge in [-0.2, -0.15) is 0 Å². The predicted octanol–water partition coefficient (Wildman–Crippen LogP) is 3.86. The molecule has 1 saturated heterocycles. The van der Waals surface area contributed by atoms with Gasteiger partial charge in [-0.3, -0.25) is 0 Å². The number of nitrogens with zero attached hydrogens (tertiary/aromatic N) is 1. The van der Waals surface area contributed by atoms with E-state index in [-0.39, 0.29) is 11.9 Å². The van der Waals surface area contributed by atoms with Gasteiger partial charge in [0.1, 0.15) is 5.82 Å². The van der Waals surface area contributed by atoms with Crippen molar-refractivity contribution >= 4 is 5.69 Å². The first-order valence-corrected chi connectivity index (χ1v) is 7.32. The Balaban J connectivity index is 2.32. The van der Waals surface area contributed by atoms with Gasteiger partial charge in [0.25, 0.3) is 0 Å². The number of hydrogen-bond donors (Lipinski definition) is 1. The van der Waals surface area contributed by atoms with Crippen molar-refractivity contribution in [3.8, 4) is 0 Å². The molecule has 0 radical (unpaired) electrons. The van der Waals surface area contributed by atoms with E-state index in [9.17, 15) is 4.39 Å². The highest BCUT2D eigenvalue weighted by Crippen LogP contribution is 2.40. The summed E-state index contributed by atoms with van der Waals surface area (Å²) < 4.78 is 14.0. The second-order valence-electron chi connectivity index (χ2n) is 5.84. The van der Waals surface area contributed by atoms with Crippen molar-refractivity contribution < 1.29 is 4.39 Å². The third kappa shape index (κ3) is 2.62. The monoisotopic (exact) mass is 264 g/mol. The number of anilines is 1. The maximum absolute atomic E-state index is 14.0. The molecule has 2 nitrogen and oxygen atoms in total. The SMILES string of the molecule is CCC1(CC)CCN(c2cccc(F)c2[C@@H](C)N)C1. The topological polar surface area (TPSA) is 29.3 Å².